The maximum Gasteiger partial charge on any atom is 0.171 e. The number of nitrogens with zero attached hydrogens (tertiary/aromatic N) is 1. The van der Waals surface area contributed by atoms with Crippen LogP contribution in [-0.2, 0) is 0 Å². The van der Waals surface area contributed by atoms with Gasteiger partial charge < -0.3 is 4.74 Å². The van der Waals surface area contributed by atoms with Crippen molar-refractivity contribution in [3.05, 3.63) is 58.9 Å². The Kier molecular flexibility index (Phi) is 11.0. The van der Waals surface area contributed by atoms with E-state index in [1.807, 2.05) is 0 Å². The molecule has 0 spiro atoms. The van der Waals surface area contributed by atoms with Gasteiger partial charge in [0.15, 0.2) is 10.9 Å². The largest absolute Gasteiger partial charge is 0.483 e. The van der Waals surface area contributed by atoms with Gasteiger partial charge in [0, 0.05) is 6.07 Å². The van der Waals surface area contributed by atoms with Gasteiger partial charge in [0.05, 0.1) is 6.20 Å². The number of hydrogen-bond donors (Lipinski definition) is 0. The van der Waals surface area contributed by atoms with E-state index in [1.54, 1.807) is 32.9 Å². The van der Waals surface area contributed by atoms with Gasteiger partial charge in [-0.25, -0.2) is 13.8 Å². The smallest absolute Gasteiger partial charge is 0.171 e. The summed E-state index contributed by atoms with van der Waals surface area (Å²) in [6.45, 7) is 9.46. The molecule has 1 aromatic rings. The second kappa shape index (κ2) is 11.8. The van der Waals surface area contributed by atoms with Crippen LogP contribution >= 0.6 is 11.6 Å². The van der Waals surface area contributed by atoms with Crippen LogP contribution in [0.3, 0.4) is 0 Å². The predicted molar refractivity (Wildman–Crippen MR) is 93.0 cm³/mol. The van der Waals surface area contributed by atoms with Crippen molar-refractivity contribution in [2.75, 3.05) is 0 Å². The van der Waals surface area contributed by atoms with Crippen molar-refractivity contribution in [1.82, 2.24) is 4.98 Å². The summed E-state index contributed by atoms with van der Waals surface area (Å²) >= 11 is 5.82. The molecule has 128 valence electrons. The first-order valence-corrected chi connectivity index (χ1v) is 7.91. The minimum Gasteiger partial charge on any atom is -0.483 e. The lowest BCUT2D eigenvalue weighted by Crippen LogP contribution is -2.14. The summed E-state index contributed by atoms with van der Waals surface area (Å²) in [6, 6.07) is 1.14. The number of halogens is 3. The molecule has 0 aliphatic heterocycles. The van der Waals surface area contributed by atoms with Crippen LogP contribution in [0.5, 0.6) is 5.75 Å². The fraction of sp³-hybridized carbons (Fsp3) is 0.389. The third-order valence-corrected chi connectivity index (χ3v) is 2.79. The van der Waals surface area contributed by atoms with Gasteiger partial charge in [0.1, 0.15) is 17.7 Å². The van der Waals surface area contributed by atoms with E-state index >= 15 is 0 Å². The minimum atomic E-state index is -0.547. The minimum absolute atomic E-state index is 0.0617. The van der Waals surface area contributed by atoms with Crippen molar-refractivity contribution in [3.8, 4) is 5.75 Å². The first-order valence-electron chi connectivity index (χ1n) is 7.53. The second-order valence-corrected chi connectivity index (χ2v) is 5.09. The SMILES string of the molecule is CCC.C\C=C/C(F)=C\C(=C/C)C(C)Oc1cc(F)cnc1Cl. The van der Waals surface area contributed by atoms with E-state index < -0.39 is 11.9 Å². The summed E-state index contributed by atoms with van der Waals surface area (Å²) in [5.74, 6) is -0.813. The van der Waals surface area contributed by atoms with Crippen LogP contribution in [0.4, 0.5) is 8.78 Å². The molecule has 0 amide bonds. The fourth-order valence-electron chi connectivity index (χ4n) is 1.55. The van der Waals surface area contributed by atoms with Crippen LogP contribution in [0.2, 0.25) is 5.15 Å². The highest BCUT2D eigenvalue weighted by molar-refractivity contribution is 6.30. The first-order chi connectivity index (χ1) is 10.9. The summed E-state index contributed by atoms with van der Waals surface area (Å²) in [6.07, 6.45) is 7.77. The number of pyridine rings is 1. The number of aromatic nitrogens is 1. The van der Waals surface area contributed by atoms with Gasteiger partial charge in [-0.15, -0.1) is 0 Å². The monoisotopic (exact) mass is 343 g/mol. The van der Waals surface area contributed by atoms with Crippen molar-refractivity contribution in [1.29, 1.82) is 0 Å². The third-order valence-electron chi connectivity index (χ3n) is 2.51. The van der Waals surface area contributed by atoms with Crippen LogP contribution < -0.4 is 4.74 Å². The number of ether oxygens (including phenoxy) is 1. The highest BCUT2D eigenvalue weighted by Gasteiger charge is 2.12. The van der Waals surface area contributed by atoms with Crippen molar-refractivity contribution in [3.63, 3.8) is 0 Å². The summed E-state index contributed by atoms with van der Waals surface area (Å²) < 4.78 is 32.1. The zero-order valence-corrected chi connectivity index (χ0v) is 15.0. The van der Waals surface area contributed by atoms with Gasteiger partial charge >= 0.3 is 0 Å². The van der Waals surface area contributed by atoms with E-state index in [-0.39, 0.29) is 16.7 Å². The molecule has 0 saturated heterocycles. The maximum atomic E-state index is 13.5. The van der Waals surface area contributed by atoms with Crippen molar-refractivity contribution in [2.24, 2.45) is 0 Å². The Bertz CT molecular complexity index is 568. The Morgan fingerprint density at radius 3 is 2.52 bits per heavy atom. The molecule has 0 N–H and O–H groups in total. The van der Waals surface area contributed by atoms with Crippen LogP contribution in [0.1, 0.15) is 41.0 Å². The molecule has 0 fully saturated rings. The second-order valence-electron chi connectivity index (χ2n) is 4.73. The highest BCUT2D eigenvalue weighted by atomic mass is 35.5. The van der Waals surface area contributed by atoms with Gasteiger partial charge in [-0.05, 0) is 38.5 Å². The van der Waals surface area contributed by atoms with Crippen molar-refractivity contribution < 1.29 is 13.5 Å². The average molecular weight is 344 g/mol. The van der Waals surface area contributed by atoms with Crippen LogP contribution in [0, 0.1) is 5.82 Å². The molecular formula is C18H24ClF2NO. The van der Waals surface area contributed by atoms with E-state index in [0.29, 0.717) is 5.57 Å². The molecule has 23 heavy (non-hydrogen) atoms. The number of rotatable bonds is 5. The molecule has 0 aliphatic carbocycles. The van der Waals surface area contributed by atoms with Gasteiger partial charge in [0.2, 0.25) is 0 Å². The summed E-state index contributed by atoms with van der Waals surface area (Å²) in [5.41, 5.74) is 0.612. The van der Waals surface area contributed by atoms with E-state index in [9.17, 15) is 8.78 Å². The normalized spacial score (nSPS) is 13.6. The van der Waals surface area contributed by atoms with Crippen molar-refractivity contribution in [2.45, 2.75) is 47.1 Å². The van der Waals surface area contributed by atoms with Crippen LogP contribution in [0.25, 0.3) is 0 Å². The molecule has 0 aromatic carbocycles. The number of hydrogen-bond acceptors (Lipinski definition) is 2. The fourth-order valence-corrected chi connectivity index (χ4v) is 1.69. The lowest BCUT2D eigenvalue weighted by atomic mass is 10.1. The molecular weight excluding hydrogens is 320 g/mol. The molecule has 1 atom stereocenters. The topological polar surface area (TPSA) is 22.1 Å². The third kappa shape index (κ3) is 8.50. The Labute approximate surface area is 142 Å². The highest BCUT2D eigenvalue weighted by Crippen LogP contribution is 2.25. The summed E-state index contributed by atoms with van der Waals surface area (Å²) in [4.78, 5) is 3.65. The van der Waals surface area contributed by atoms with Crippen LogP contribution in [-0.4, -0.2) is 11.1 Å². The Morgan fingerprint density at radius 2 is 2.00 bits per heavy atom. The van der Waals surface area contributed by atoms with Gasteiger partial charge in [-0.3, -0.25) is 0 Å². The standard InChI is InChI=1S/C15H16ClF2NO.C3H8/c1-4-6-12(17)7-11(5-2)10(3)20-14-8-13(18)9-19-15(14)16;1-3-2/h4-10H,1-3H3;3H2,1-2H3/b6-4-,11-5+,12-7+;. The molecule has 1 unspecified atom stereocenters. The zero-order valence-electron chi connectivity index (χ0n) is 14.2. The van der Waals surface area contributed by atoms with Crippen LogP contribution in [0.15, 0.2) is 48.0 Å². The molecule has 1 rings (SSSR count). The lowest BCUT2D eigenvalue weighted by Gasteiger charge is -2.16. The van der Waals surface area contributed by atoms with Gasteiger partial charge in [-0.1, -0.05) is 44.0 Å². The van der Waals surface area contributed by atoms with E-state index in [0.717, 1.165) is 12.3 Å². The lowest BCUT2D eigenvalue weighted by molar-refractivity contribution is 0.258. The number of allylic oxidation sites excluding steroid dienone is 4. The average Bonchev–Trinajstić information content (AvgIpc) is 2.49. The molecule has 1 aromatic heterocycles. The molecule has 0 bridgehead atoms. The van der Waals surface area contributed by atoms with E-state index in [2.05, 4.69) is 18.8 Å². The molecule has 5 heteroatoms. The van der Waals surface area contributed by atoms with E-state index in [4.69, 9.17) is 16.3 Å². The van der Waals surface area contributed by atoms with Crippen molar-refractivity contribution >= 4 is 11.6 Å². The summed E-state index contributed by atoms with van der Waals surface area (Å²) in [5, 5.41) is 0.0617. The zero-order chi connectivity index (χ0) is 17.8. The molecule has 1 heterocycles. The maximum absolute atomic E-state index is 13.5. The predicted octanol–water partition coefficient (Wildman–Crippen LogP) is 6.43. The molecule has 0 aliphatic rings. The van der Waals surface area contributed by atoms with Gasteiger partial charge in [-0.2, -0.15) is 0 Å². The Morgan fingerprint density at radius 1 is 1.39 bits per heavy atom. The molecule has 0 radical (unpaired) electrons. The quantitative estimate of drug-likeness (QED) is 0.453. The van der Waals surface area contributed by atoms with Gasteiger partial charge in [0.25, 0.3) is 0 Å². The molecule has 2 nitrogen and oxygen atoms in total. The first kappa shape index (κ1) is 21.3. The molecule has 0 saturated carbocycles. The van der Waals surface area contributed by atoms with E-state index in [1.165, 1.54) is 18.6 Å². The Balaban J connectivity index is 0.00000149. The Hall–Kier alpha value is -1.68. The summed E-state index contributed by atoms with van der Waals surface area (Å²) in [7, 11) is 0.